The quantitative estimate of drug-likeness (QED) is 0.201. The first kappa shape index (κ1) is 12.2. The molecule has 6 nitrogen and oxygen atoms in total. The van der Waals surface area contributed by atoms with Crippen molar-refractivity contribution in [3.63, 3.8) is 0 Å². The van der Waals surface area contributed by atoms with Gasteiger partial charge in [0.15, 0.2) is 0 Å². The Labute approximate surface area is 77.4 Å². The summed E-state index contributed by atoms with van der Waals surface area (Å²) in [4.78, 5) is 2.64. The number of rotatable bonds is 7. The average molecular weight is 189 g/mol. The van der Waals surface area contributed by atoms with Crippen LogP contribution >= 0.6 is 0 Å². The van der Waals surface area contributed by atoms with Gasteiger partial charge in [0.25, 0.3) is 5.97 Å². The number of hydrogen-bond donors (Lipinski definition) is 0. The average Bonchev–Trinajstić information content (AvgIpc) is 2.20. The maximum atomic E-state index is 8.03. The summed E-state index contributed by atoms with van der Waals surface area (Å²) >= 11 is 0. The van der Waals surface area contributed by atoms with E-state index in [9.17, 15) is 0 Å². The summed E-state index contributed by atoms with van der Waals surface area (Å²) in [5.74, 6) is -1.01. The van der Waals surface area contributed by atoms with Crippen LogP contribution in [0.5, 0.6) is 0 Å². The molecule has 0 rings (SSSR count). The third-order valence-electron chi connectivity index (χ3n) is 1.74. The molecule has 0 atom stereocenters. The van der Waals surface area contributed by atoms with Crippen LogP contribution in [-0.4, -0.2) is 33.8 Å². The van der Waals surface area contributed by atoms with E-state index in [0.717, 1.165) is 0 Å². The minimum Gasteiger partial charge on any atom is -0.331 e. The van der Waals surface area contributed by atoms with E-state index in [2.05, 4.69) is 10.0 Å². The first-order chi connectivity index (χ1) is 6.24. The van der Waals surface area contributed by atoms with Crippen molar-refractivity contribution in [1.29, 1.82) is 0 Å². The molecule has 0 aromatic carbocycles. The van der Waals surface area contributed by atoms with Crippen molar-refractivity contribution in [1.82, 2.24) is 0 Å². The van der Waals surface area contributed by atoms with Gasteiger partial charge in [-0.1, -0.05) is 5.11 Å². The van der Waals surface area contributed by atoms with E-state index in [1.54, 1.807) is 0 Å². The van der Waals surface area contributed by atoms with Crippen molar-refractivity contribution < 1.29 is 14.2 Å². The molecule has 0 aromatic rings. The highest BCUT2D eigenvalue weighted by molar-refractivity contribution is 4.57. The zero-order chi connectivity index (χ0) is 10.2. The fourth-order valence-electron chi connectivity index (χ4n) is 0.967. The highest BCUT2D eigenvalue weighted by Crippen LogP contribution is 2.18. The molecule has 0 spiro atoms. The summed E-state index contributed by atoms with van der Waals surface area (Å²) in [5, 5.41) is 3.39. The predicted octanol–water partition coefficient (Wildman–Crippen LogP) is 1.67. The Morgan fingerprint density at radius 2 is 1.77 bits per heavy atom. The lowest BCUT2D eigenvalue weighted by molar-refractivity contribution is -0.355. The van der Waals surface area contributed by atoms with E-state index in [0.29, 0.717) is 19.4 Å². The van der Waals surface area contributed by atoms with Crippen LogP contribution in [0.25, 0.3) is 10.4 Å². The molecule has 0 amide bonds. The first-order valence-corrected chi connectivity index (χ1v) is 3.91. The van der Waals surface area contributed by atoms with E-state index >= 15 is 0 Å². The molecule has 0 bridgehead atoms. The van der Waals surface area contributed by atoms with Crippen LogP contribution in [0.15, 0.2) is 5.11 Å². The molecule has 0 saturated carbocycles. The van der Waals surface area contributed by atoms with Crippen LogP contribution in [0.2, 0.25) is 0 Å². The molecule has 6 heteroatoms. The molecule has 0 aliphatic rings. The lowest BCUT2D eigenvalue weighted by Crippen LogP contribution is -2.35. The van der Waals surface area contributed by atoms with E-state index in [-0.39, 0.29) is 0 Å². The summed E-state index contributed by atoms with van der Waals surface area (Å²) in [6, 6.07) is 0. The minimum absolute atomic E-state index is 0.411. The van der Waals surface area contributed by atoms with Crippen LogP contribution in [0, 0.1) is 0 Å². The SMILES string of the molecule is COC(CCCN=[N+]=[N-])(OC)OC. The van der Waals surface area contributed by atoms with Gasteiger partial charge in [0, 0.05) is 39.2 Å². The van der Waals surface area contributed by atoms with Crippen molar-refractivity contribution in [2.45, 2.75) is 18.8 Å². The summed E-state index contributed by atoms with van der Waals surface area (Å²) in [6.45, 7) is 0.411. The topological polar surface area (TPSA) is 76.5 Å². The van der Waals surface area contributed by atoms with Crippen molar-refractivity contribution in [3.8, 4) is 0 Å². The largest absolute Gasteiger partial charge is 0.331 e. The number of hydrogen-bond acceptors (Lipinski definition) is 4. The highest BCUT2D eigenvalue weighted by atomic mass is 16.9. The lowest BCUT2D eigenvalue weighted by atomic mass is 10.2. The zero-order valence-corrected chi connectivity index (χ0v) is 8.19. The van der Waals surface area contributed by atoms with Crippen LogP contribution in [0.4, 0.5) is 0 Å². The summed E-state index contributed by atoms with van der Waals surface area (Å²) < 4.78 is 15.1. The second-order valence-electron chi connectivity index (χ2n) is 2.35. The van der Waals surface area contributed by atoms with Gasteiger partial charge in [0.05, 0.1) is 0 Å². The van der Waals surface area contributed by atoms with Gasteiger partial charge in [0.1, 0.15) is 0 Å². The van der Waals surface area contributed by atoms with Crippen molar-refractivity contribution in [2.24, 2.45) is 5.11 Å². The fraction of sp³-hybridized carbons (Fsp3) is 1.00. The molecule has 0 radical (unpaired) electrons. The summed E-state index contributed by atoms with van der Waals surface area (Å²) in [5.41, 5.74) is 8.03. The van der Waals surface area contributed by atoms with E-state index < -0.39 is 5.97 Å². The van der Waals surface area contributed by atoms with Crippen LogP contribution < -0.4 is 0 Å². The monoisotopic (exact) mass is 189 g/mol. The molecule has 13 heavy (non-hydrogen) atoms. The Hall–Kier alpha value is -0.810. The van der Waals surface area contributed by atoms with Gasteiger partial charge in [-0.15, -0.1) is 0 Å². The Kier molecular flexibility index (Phi) is 6.26. The van der Waals surface area contributed by atoms with Crippen LogP contribution in [-0.2, 0) is 14.2 Å². The molecule has 0 aliphatic carbocycles. The Bertz CT molecular complexity index is 168. The standard InChI is InChI=1S/C7H15N3O3/c1-11-7(12-2,13-3)5-4-6-9-10-8/h4-6H2,1-3H3. The predicted molar refractivity (Wildman–Crippen MR) is 47.0 cm³/mol. The Morgan fingerprint density at radius 1 is 1.23 bits per heavy atom. The van der Waals surface area contributed by atoms with Gasteiger partial charge >= 0.3 is 0 Å². The number of ether oxygens (including phenoxy) is 3. The summed E-state index contributed by atoms with van der Waals surface area (Å²) in [7, 11) is 4.50. The summed E-state index contributed by atoms with van der Waals surface area (Å²) in [6.07, 6.45) is 1.18. The van der Waals surface area contributed by atoms with E-state index in [4.69, 9.17) is 19.7 Å². The molecule has 76 valence electrons. The van der Waals surface area contributed by atoms with E-state index in [1.165, 1.54) is 21.3 Å². The molecule has 0 aromatic heterocycles. The highest BCUT2D eigenvalue weighted by Gasteiger charge is 2.28. The Morgan fingerprint density at radius 3 is 2.15 bits per heavy atom. The van der Waals surface area contributed by atoms with Crippen molar-refractivity contribution >= 4 is 0 Å². The maximum absolute atomic E-state index is 8.03. The molecule has 0 fully saturated rings. The van der Waals surface area contributed by atoms with E-state index in [1.807, 2.05) is 0 Å². The molecule has 0 N–H and O–H groups in total. The third-order valence-corrected chi connectivity index (χ3v) is 1.74. The zero-order valence-electron chi connectivity index (χ0n) is 8.19. The van der Waals surface area contributed by atoms with Crippen LogP contribution in [0.3, 0.4) is 0 Å². The lowest BCUT2D eigenvalue weighted by Gasteiger charge is -2.28. The molecule has 0 unspecified atom stereocenters. The molecule has 0 heterocycles. The van der Waals surface area contributed by atoms with Crippen molar-refractivity contribution in [2.75, 3.05) is 27.9 Å². The maximum Gasteiger partial charge on any atom is 0.282 e. The second kappa shape index (κ2) is 6.68. The molecular formula is C7H15N3O3. The molecule has 0 aliphatic heterocycles. The van der Waals surface area contributed by atoms with Gasteiger partial charge in [-0.25, -0.2) is 0 Å². The normalized spacial score (nSPS) is 11.0. The minimum atomic E-state index is -1.01. The second-order valence-corrected chi connectivity index (χ2v) is 2.35. The van der Waals surface area contributed by atoms with Gasteiger partial charge in [-0.2, -0.15) is 0 Å². The number of nitrogens with zero attached hydrogens (tertiary/aromatic N) is 3. The van der Waals surface area contributed by atoms with Crippen molar-refractivity contribution in [3.05, 3.63) is 10.4 Å². The van der Waals surface area contributed by atoms with Gasteiger partial charge < -0.3 is 14.2 Å². The Balaban J connectivity index is 3.87. The fourth-order valence-corrected chi connectivity index (χ4v) is 0.967. The smallest absolute Gasteiger partial charge is 0.282 e. The van der Waals surface area contributed by atoms with Crippen LogP contribution in [0.1, 0.15) is 12.8 Å². The van der Waals surface area contributed by atoms with Gasteiger partial charge in [0.2, 0.25) is 0 Å². The first-order valence-electron chi connectivity index (χ1n) is 3.91. The number of methoxy groups -OCH3 is 3. The van der Waals surface area contributed by atoms with Gasteiger partial charge in [-0.3, -0.25) is 0 Å². The third kappa shape index (κ3) is 4.10. The molecule has 0 saturated heterocycles. The number of azide groups is 1. The van der Waals surface area contributed by atoms with Gasteiger partial charge in [-0.05, 0) is 12.0 Å². The molecular weight excluding hydrogens is 174 g/mol.